The van der Waals surface area contributed by atoms with E-state index in [1.807, 2.05) is 6.92 Å². The van der Waals surface area contributed by atoms with Crippen molar-refractivity contribution in [3.05, 3.63) is 11.8 Å². The van der Waals surface area contributed by atoms with E-state index >= 15 is 0 Å². The summed E-state index contributed by atoms with van der Waals surface area (Å²) in [5.41, 5.74) is 0.510. The van der Waals surface area contributed by atoms with Gasteiger partial charge in [-0.1, -0.05) is 6.92 Å². The molecule has 0 radical (unpaired) electrons. The van der Waals surface area contributed by atoms with Crippen LogP contribution >= 0.6 is 0 Å². The van der Waals surface area contributed by atoms with Crippen molar-refractivity contribution in [2.24, 2.45) is 0 Å². The van der Waals surface area contributed by atoms with E-state index in [-0.39, 0.29) is 31.0 Å². The van der Waals surface area contributed by atoms with Crippen molar-refractivity contribution in [3.63, 3.8) is 0 Å². The van der Waals surface area contributed by atoms with Gasteiger partial charge in [-0.05, 0) is 25.7 Å². The molecule has 2 aliphatic heterocycles. The van der Waals surface area contributed by atoms with Gasteiger partial charge in [-0.2, -0.15) is 18.3 Å². The van der Waals surface area contributed by atoms with Crippen molar-refractivity contribution >= 4 is 11.7 Å². The number of likely N-dealkylation sites (tertiary alicyclic amines) is 1. The molecule has 0 unspecified atom stereocenters. The average Bonchev–Trinajstić information content (AvgIpc) is 3.19. The standard InChI is InChI=1S/C16H23F3N4O2/c1-3-10-7-13(16(17,18)19)23-14(20-10)8-11(21-23)12-5-4-6-22(12)15(24)9-25-2/h8,10,12-13,20H,3-7,9H2,1-2H3/t10-,12-,13-/m1/s1. The number of hydrogen-bond donors (Lipinski definition) is 1. The highest BCUT2D eigenvalue weighted by atomic mass is 19.4. The molecule has 1 N–H and O–H groups in total. The minimum absolute atomic E-state index is 0.0363. The van der Waals surface area contributed by atoms with Crippen molar-refractivity contribution in [1.29, 1.82) is 0 Å². The number of ether oxygens (including phenoxy) is 1. The lowest BCUT2D eigenvalue weighted by Crippen LogP contribution is -2.39. The Kier molecular flexibility index (Phi) is 4.95. The third-order valence-corrected chi connectivity index (χ3v) is 4.96. The van der Waals surface area contributed by atoms with Crippen LogP contribution in [0.1, 0.15) is 50.4 Å². The number of rotatable bonds is 4. The molecule has 0 saturated carbocycles. The minimum Gasteiger partial charge on any atom is -0.375 e. The van der Waals surface area contributed by atoms with Gasteiger partial charge in [0.05, 0.1) is 11.7 Å². The number of amides is 1. The molecule has 0 aromatic carbocycles. The third kappa shape index (κ3) is 3.47. The summed E-state index contributed by atoms with van der Waals surface area (Å²) in [6, 6.07) is -0.508. The minimum atomic E-state index is -4.35. The van der Waals surface area contributed by atoms with E-state index in [4.69, 9.17) is 4.74 Å². The molecule has 1 aromatic heterocycles. The van der Waals surface area contributed by atoms with Gasteiger partial charge in [-0.3, -0.25) is 4.79 Å². The normalized spacial score (nSPS) is 26.4. The second-order valence-corrected chi connectivity index (χ2v) is 6.62. The Bertz CT molecular complexity index is 631. The van der Waals surface area contributed by atoms with E-state index in [1.54, 1.807) is 11.0 Å². The number of hydrogen-bond acceptors (Lipinski definition) is 4. The highest BCUT2D eigenvalue weighted by Crippen LogP contribution is 2.42. The van der Waals surface area contributed by atoms with Crippen LogP contribution < -0.4 is 5.32 Å². The maximum absolute atomic E-state index is 13.5. The molecule has 0 spiro atoms. The number of methoxy groups -OCH3 is 1. The number of carbonyl (C=O) groups excluding carboxylic acids is 1. The summed E-state index contributed by atoms with van der Waals surface area (Å²) >= 11 is 0. The maximum Gasteiger partial charge on any atom is 0.410 e. The van der Waals surface area contributed by atoms with E-state index in [1.165, 1.54) is 7.11 Å². The van der Waals surface area contributed by atoms with Crippen LogP contribution in [-0.2, 0) is 9.53 Å². The Labute approximate surface area is 144 Å². The summed E-state index contributed by atoms with van der Waals surface area (Å²) in [7, 11) is 1.45. The van der Waals surface area contributed by atoms with Crippen LogP contribution in [0.2, 0.25) is 0 Å². The van der Waals surface area contributed by atoms with Gasteiger partial charge in [0.1, 0.15) is 12.4 Å². The molecule has 0 aliphatic carbocycles. The average molecular weight is 360 g/mol. The Morgan fingerprint density at radius 3 is 2.88 bits per heavy atom. The summed E-state index contributed by atoms with van der Waals surface area (Å²) in [4.78, 5) is 13.8. The van der Waals surface area contributed by atoms with Gasteiger partial charge in [-0.15, -0.1) is 0 Å². The first kappa shape index (κ1) is 18.0. The Morgan fingerprint density at radius 1 is 1.48 bits per heavy atom. The molecule has 1 fully saturated rings. The SMILES string of the molecule is CC[C@@H]1C[C@H](C(F)(F)F)n2nc([C@H]3CCCN3C(=O)COC)cc2N1. The predicted octanol–water partition coefficient (Wildman–Crippen LogP) is 2.89. The summed E-state index contributed by atoms with van der Waals surface area (Å²) in [6.07, 6.45) is -2.29. The van der Waals surface area contributed by atoms with Gasteiger partial charge in [-0.25, -0.2) is 4.68 Å². The zero-order valence-electron chi connectivity index (χ0n) is 14.3. The molecular weight excluding hydrogens is 337 g/mol. The van der Waals surface area contributed by atoms with E-state index in [0.717, 1.165) is 11.1 Å². The van der Waals surface area contributed by atoms with Crippen molar-refractivity contribution in [3.8, 4) is 0 Å². The molecule has 1 saturated heterocycles. The first-order valence-electron chi connectivity index (χ1n) is 8.56. The molecule has 140 valence electrons. The molecule has 1 aromatic rings. The van der Waals surface area contributed by atoms with Gasteiger partial charge in [0.15, 0.2) is 6.04 Å². The number of aromatic nitrogens is 2. The molecule has 3 atom stereocenters. The number of nitrogens with zero attached hydrogens (tertiary/aromatic N) is 3. The summed E-state index contributed by atoms with van der Waals surface area (Å²) < 4.78 is 46.3. The molecule has 3 rings (SSSR count). The topological polar surface area (TPSA) is 59.4 Å². The fraction of sp³-hybridized carbons (Fsp3) is 0.750. The van der Waals surface area contributed by atoms with Crippen molar-refractivity contribution in [1.82, 2.24) is 14.7 Å². The molecule has 25 heavy (non-hydrogen) atoms. The Hall–Kier alpha value is -1.77. The van der Waals surface area contributed by atoms with Crippen LogP contribution in [0.15, 0.2) is 6.07 Å². The quantitative estimate of drug-likeness (QED) is 0.897. The lowest BCUT2D eigenvalue weighted by Gasteiger charge is -2.32. The lowest BCUT2D eigenvalue weighted by molar-refractivity contribution is -0.173. The smallest absolute Gasteiger partial charge is 0.375 e. The van der Waals surface area contributed by atoms with E-state index < -0.39 is 12.2 Å². The van der Waals surface area contributed by atoms with Crippen molar-refractivity contribution in [2.75, 3.05) is 25.6 Å². The second-order valence-electron chi connectivity index (χ2n) is 6.62. The van der Waals surface area contributed by atoms with Crippen LogP contribution in [-0.4, -0.2) is 53.1 Å². The molecule has 0 bridgehead atoms. The Balaban J connectivity index is 1.90. The van der Waals surface area contributed by atoms with Crippen LogP contribution in [0, 0.1) is 0 Å². The highest BCUT2D eigenvalue weighted by molar-refractivity contribution is 5.78. The number of alkyl halides is 3. The largest absolute Gasteiger partial charge is 0.410 e. The number of fused-ring (bicyclic) bond motifs is 1. The maximum atomic E-state index is 13.5. The predicted molar refractivity (Wildman–Crippen MR) is 85.2 cm³/mol. The summed E-state index contributed by atoms with van der Waals surface area (Å²) in [5, 5.41) is 7.38. The lowest BCUT2D eigenvalue weighted by atomic mass is 10.0. The zero-order chi connectivity index (χ0) is 18.2. The fourth-order valence-electron chi connectivity index (χ4n) is 3.68. The molecule has 9 heteroatoms. The zero-order valence-corrected chi connectivity index (χ0v) is 14.3. The van der Waals surface area contributed by atoms with Gasteiger partial charge in [0, 0.05) is 25.8 Å². The highest BCUT2D eigenvalue weighted by Gasteiger charge is 2.46. The number of anilines is 1. The van der Waals surface area contributed by atoms with Gasteiger partial charge in [0.2, 0.25) is 5.91 Å². The van der Waals surface area contributed by atoms with Crippen LogP contribution in [0.5, 0.6) is 0 Å². The number of nitrogens with one attached hydrogen (secondary N) is 1. The molecule has 6 nitrogen and oxygen atoms in total. The van der Waals surface area contributed by atoms with Crippen LogP contribution in [0.4, 0.5) is 19.0 Å². The van der Waals surface area contributed by atoms with Crippen molar-refractivity contribution < 1.29 is 22.7 Å². The summed E-state index contributed by atoms with van der Waals surface area (Å²) in [6.45, 7) is 2.40. The van der Waals surface area contributed by atoms with E-state index in [0.29, 0.717) is 30.9 Å². The van der Waals surface area contributed by atoms with Crippen LogP contribution in [0.3, 0.4) is 0 Å². The van der Waals surface area contributed by atoms with Gasteiger partial charge in [0.25, 0.3) is 0 Å². The number of halogens is 3. The van der Waals surface area contributed by atoms with Crippen LogP contribution in [0.25, 0.3) is 0 Å². The molecule has 3 heterocycles. The fourth-order valence-corrected chi connectivity index (χ4v) is 3.68. The van der Waals surface area contributed by atoms with E-state index in [2.05, 4.69) is 10.4 Å². The monoisotopic (exact) mass is 360 g/mol. The Morgan fingerprint density at radius 2 is 2.24 bits per heavy atom. The third-order valence-electron chi connectivity index (χ3n) is 4.96. The first-order valence-corrected chi connectivity index (χ1v) is 8.56. The van der Waals surface area contributed by atoms with E-state index in [9.17, 15) is 18.0 Å². The van der Waals surface area contributed by atoms with Crippen molar-refractivity contribution in [2.45, 2.75) is 56.9 Å². The number of carbonyl (C=O) groups is 1. The molecular formula is C16H23F3N4O2. The first-order chi connectivity index (χ1) is 11.8. The second kappa shape index (κ2) is 6.86. The summed E-state index contributed by atoms with van der Waals surface area (Å²) in [5.74, 6) is 0.212. The molecule has 2 aliphatic rings. The van der Waals surface area contributed by atoms with Gasteiger partial charge < -0.3 is 15.0 Å². The molecule has 1 amide bonds. The van der Waals surface area contributed by atoms with Gasteiger partial charge >= 0.3 is 6.18 Å².